The monoisotopic (exact) mass is 281 g/mol. The van der Waals surface area contributed by atoms with Crippen molar-refractivity contribution in [1.29, 1.82) is 0 Å². The molecule has 1 aromatic heterocycles. The van der Waals surface area contributed by atoms with E-state index < -0.39 is 0 Å². The molecule has 1 heterocycles. The van der Waals surface area contributed by atoms with Gasteiger partial charge in [-0.15, -0.1) is 11.3 Å². The average molecular weight is 282 g/mol. The molecule has 2 rings (SSSR count). The first-order chi connectivity index (χ1) is 8.68. The Kier molecular flexibility index (Phi) is 4.78. The Morgan fingerprint density at radius 3 is 2.67 bits per heavy atom. The summed E-state index contributed by atoms with van der Waals surface area (Å²) < 4.78 is 5.92. The minimum absolute atomic E-state index is 0.0499. The lowest BCUT2D eigenvalue weighted by molar-refractivity contribution is 0.0283. The van der Waals surface area contributed by atoms with Crippen molar-refractivity contribution in [1.82, 2.24) is 0 Å². The second-order valence-corrected chi connectivity index (χ2v) is 5.58. The second kappa shape index (κ2) is 6.34. The van der Waals surface area contributed by atoms with Crippen LogP contribution in [0.2, 0.25) is 5.02 Å². The van der Waals surface area contributed by atoms with E-state index in [-0.39, 0.29) is 12.1 Å². The summed E-state index contributed by atoms with van der Waals surface area (Å²) >= 11 is 7.76. The smallest absolute Gasteiger partial charge is 0.107 e. The Bertz CT molecular complexity index is 484. The first-order valence-corrected chi connectivity index (χ1v) is 7.08. The van der Waals surface area contributed by atoms with Crippen LogP contribution in [0.15, 0.2) is 41.8 Å². The minimum atomic E-state index is -0.0822. The van der Waals surface area contributed by atoms with E-state index in [0.717, 1.165) is 15.5 Å². The number of halogens is 1. The normalized spacial score (nSPS) is 14.4. The SMILES string of the molecule is CC(N)C(OCc1ccccc1Cl)c1cccs1. The molecule has 0 bridgehead atoms. The summed E-state index contributed by atoms with van der Waals surface area (Å²) in [7, 11) is 0. The molecule has 1 aromatic carbocycles. The van der Waals surface area contributed by atoms with Gasteiger partial charge in [0.2, 0.25) is 0 Å². The highest BCUT2D eigenvalue weighted by molar-refractivity contribution is 7.10. The zero-order valence-corrected chi connectivity index (χ0v) is 11.7. The highest BCUT2D eigenvalue weighted by Gasteiger charge is 2.18. The number of nitrogens with two attached hydrogens (primary N) is 1. The zero-order valence-electron chi connectivity index (χ0n) is 10.2. The van der Waals surface area contributed by atoms with Gasteiger partial charge in [0.25, 0.3) is 0 Å². The van der Waals surface area contributed by atoms with Crippen LogP contribution in [0, 0.1) is 0 Å². The predicted octanol–water partition coefficient (Wildman–Crippen LogP) is 4.01. The molecule has 0 aliphatic carbocycles. The summed E-state index contributed by atoms with van der Waals surface area (Å²) in [4.78, 5) is 1.15. The van der Waals surface area contributed by atoms with Gasteiger partial charge in [0, 0.05) is 15.9 Å². The van der Waals surface area contributed by atoms with Gasteiger partial charge in [-0.3, -0.25) is 0 Å². The topological polar surface area (TPSA) is 35.2 Å². The van der Waals surface area contributed by atoms with Crippen LogP contribution in [0.25, 0.3) is 0 Å². The largest absolute Gasteiger partial charge is 0.366 e. The number of ether oxygens (including phenoxy) is 1. The number of thiophene rings is 1. The summed E-state index contributed by atoms with van der Waals surface area (Å²) in [5, 5.41) is 2.76. The van der Waals surface area contributed by atoms with Crippen LogP contribution in [-0.2, 0) is 11.3 Å². The molecule has 0 aliphatic heterocycles. The summed E-state index contributed by atoms with van der Waals surface area (Å²) in [6, 6.07) is 11.7. The lowest BCUT2D eigenvalue weighted by Gasteiger charge is -2.20. The second-order valence-electron chi connectivity index (χ2n) is 4.20. The molecule has 0 radical (unpaired) electrons. The third-order valence-corrected chi connectivity index (χ3v) is 3.98. The van der Waals surface area contributed by atoms with Crippen molar-refractivity contribution in [2.45, 2.75) is 25.7 Å². The first kappa shape index (κ1) is 13.6. The molecule has 18 heavy (non-hydrogen) atoms. The van der Waals surface area contributed by atoms with Crippen LogP contribution in [0.5, 0.6) is 0 Å². The summed E-state index contributed by atoms with van der Waals surface area (Å²) in [5.74, 6) is 0. The van der Waals surface area contributed by atoms with Gasteiger partial charge in [-0.05, 0) is 30.0 Å². The minimum Gasteiger partial charge on any atom is -0.366 e. The zero-order chi connectivity index (χ0) is 13.0. The Hall–Kier alpha value is -0.870. The third kappa shape index (κ3) is 3.33. The van der Waals surface area contributed by atoms with Gasteiger partial charge in [-0.1, -0.05) is 35.9 Å². The number of hydrogen-bond acceptors (Lipinski definition) is 3. The molecule has 96 valence electrons. The van der Waals surface area contributed by atoms with Crippen molar-refractivity contribution < 1.29 is 4.74 Å². The van der Waals surface area contributed by atoms with Crippen LogP contribution in [0.4, 0.5) is 0 Å². The molecule has 0 amide bonds. The Morgan fingerprint density at radius 2 is 2.06 bits per heavy atom. The maximum absolute atomic E-state index is 6.10. The van der Waals surface area contributed by atoms with Gasteiger partial charge in [0.1, 0.15) is 6.10 Å². The van der Waals surface area contributed by atoms with Gasteiger partial charge in [0.15, 0.2) is 0 Å². The fourth-order valence-electron chi connectivity index (χ4n) is 1.74. The van der Waals surface area contributed by atoms with E-state index in [1.807, 2.05) is 48.7 Å². The van der Waals surface area contributed by atoms with Crippen LogP contribution in [-0.4, -0.2) is 6.04 Å². The molecular formula is C14H16ClNOS. The fraction of sp³-hybridized carbons (Fsp3) is 0.286. The molecule has 0 aliphatic rings. The van der Waals surface area contributed by atoms with Crippen LogP contribution in [0.1, 0.15) is 23.5 Å². The van der Waals surface area contributed by atoms with E-state index >= 15 is 0 Å². The van der Waals surface area contributed by atoms with Gasteiger partial charge in [0.05, 0.1) is 6.61 Å². The molecule has 0 spiro atoms. The molecule has 2 unspecified atom stereocenters. The van der Waals surface area contributed by atoms with Crippen molar-refractivity contribution in [3.63, 3.8) is 0 Å². The van der Waals surface area contributed by atoms with E-state index in [1.54, 1.807) is 11.3 Å². The van der Waals surface area contributed by atoms with Gasteiger partial charge >= 0.3 is 0 Å². The van der Waals surface area contributed by atoms with Crippen molar-refractivity contribution in [3.05, 3.63) is 57.2 Å². The van der Waals surface area contributed by atoms with Crippen molar-refractivity contribution in [2.75, 3.05) is 0 Å². The maximum atomic E-state index is 6.10. The lowest BCUT2D eigenvalue weighted by Crippen LogP contribution is -2.26. The first-order valence-electron chi connectivity index (χ1n) is 5.82. The molecular weight excluding hydrogens is 266 g/mol. The van der Waals surface area contributed by atoms with E-state index in [1.165, 1.54) is 0 Å². The van der Waals surface area contributed by atoms with Gasteiger partial charge in [-0.25, -0.2) is 0 Å². The fourth-order valence-corrected chi connectivity index (χ4v) is 2.82. The quantitative estimate of drug-likeness (QED) is 0.899. The Labute approximate surface area is 116 Å². The summed E-state index contributed by atoms with van der Waals surface area (Å²) in [6.07, 6.45) is -0.0822. The van der Waals surface area contributed by atoms with E-state index in [9.17, 15) is 0 Å². The van der Waals surface area contributed by atoms with E-state index in [2.05, 4.69) is 0 Å². The van der Waals surface area contributed by atoms with Gasteiger partial charge < -0.3 is 10.5 Å². The molecule has 0 fully saturated rings. The van der Waals surface area contributed by atoms with Crippen LogP contribution >= 0.6 is 22.9 Å². The molecule has 0 saturated heterocycles. The molecule has 0 saturated carbocycles. The Balaban J connectivity index is 2.05. The third-order valence-electron chi connectivity index (χ3n) is 2.68. The maximum Gasteiger partial charge on any atom is 0.107 e. The Morgan fingerprint density at radius 1 is 1.28 bits per heavy atom. The standard InChI is InChI=1S/C14H16ClNOS/c1-10(16)14(13-7-4-8-18-13)17-9-11-5-2-3-6-12(11)15/h2-8,10,14H,9,16H2,1H3. The van der Waals surface area contributed by atoms with E-state index in [4.69, 9.17) is 22.1 Å². The van der Waals surface area contributed by atoms with Crippen LogP contribution < -0.4 is 5.73 Å². The van der Waals surface area contributed by atoms with Crippen molar-refractivity contribution in [3.8, 4) is 0 Å². The lowest BCUT2D eigenvalue weighted by atomic mass is 10.1. The summed E-state index contributed by atoms with van der Waals surface area (Å²) in [5.41, 5.74) is 6.97. The van der Waals surface area contributed by atoms with E-state index in [0.29, 0.717) is 6.61 Å². The number of benzene rings is 1. The van der Waals surface area contributed by atoms with Crippen LogP contribution in [0.3, 0.4) is 0 Å². The molecule has 2 N–H and O–H groups in total. The van der Waals surface area contributed by atoms with Crippen molar-refractivity contribution >= 4 is 22.9 Å². The average Bonchev–Trinajstić information content (AvgIpc) is 2.85. The number of rotatable bonds is 5. The predicted molar refractivity (Wildman–Crippen MR) is 77.0 cm³/mol. The van der Waals surface area contributed by atoms with Crippen molar-refractivity contribution in [2.24, 2.45) is 5.73 Å². The number of hydrogen-bond donors (Lipinski definition) is 1. The van der Waals surface area contributed by atoms with Gasteiger partial charge in [-0.2, -0.15) is 0 Å². The highest BCUT2D eigenvalue weighted by Crippen LogP contribution is 2.27. The molecule has 2 atom stereocenters. The summed E-state index contributed by atoms with van der Waals surface area (Å²) in [6.45, 7) is 2.43. The molecule has 2 nitrogen and oxygen atoms in total. The molecule has 2 aromatic rings. The highest BCUT2D eigenvalue weighted by atomic mass is 35.5. The molecule has 4 heteroatoms.